The van der Waals surface area contributed by atoms with Crippen molar-refractivity contribution >= 4 is 33.9 Å². The van der Waals surface area contributed by atoms with Crippen LogP contribution in [0, 0.1) is 3.70 Å². The maximum atomic E-state index is 5.88. The molecule has 0 spiro atoms. The van der Waals surface area contributed by atoms with E-state index in [2.05, 4.69) is 42.3 Å². The largest absolute Gasteiger partial charge is 0.382 e. The Morgan fingerprint density at radius 3 is 3.19 bits per heavy atom. The molecule has 84 valence electrons. The predicted octanol–water partition coefficient (Wildman–Crippen LogP) is 0.993. The van der Waals surface area contributed by atoms with Gasteiger partial charge < -0.3 is 11.1 Å². The summed E-state index contributed by atoms with van der Waals surface area (Å²) in [7, 11) is 0. The number of nitrogens with one attached hydrogen (secondary N) is 1. The van der Waals surface area contributed by atoms with Crippen molar-refractivity contribution in [3.63, 3.8) is 0 Å². The minimum absolute atomic E-state index is 0.484. The molecule has 0 amide bonds. The first-order valence-corrected chi connectivity index (χ1v) is 6.34. The van der Waals surface area contributed by atoms with Gasteiger partial charge in [-0.25, -0.2) is 9.97 Å². The van der Waals surface area contributed by atoms with Gasteiger partial charge in [0.25, 0.3) is 0 Å². The predicted molar refractivity (Wildman–Crippen MR) is 70.3 cm³/mol. The van der Waals surface area contributed by atoms with Crippen molar-refractivity contribution < 1.29 is 0 Å². The number of imidazole rings is 1. The van der Waals surface area contributed by atoms with Gasteiger partial charge in [-0.05, 0) is 35.6 Å². The van der Waals surface area contributed by atoms with Crippen LogP contribution in [0.4, 0.5) is 5.82 Å². The Kier molecular flexibility index (Phi) is 2.47. The van der Waals surface area contributed by atoms with Crippen LogP contribution < -0.4 is 11.1 Å². The molecule has 5 nitrogen and oxygen atoms in total. The SMILES string of the molecule is Nc1nccn2c(C3CCNC3)nc(I)c12. The molecule has 2 aromatic rings. The van der Waals surface area contributed by atoms with Gasteiger partial charge in [-0.15, -0.1) is 0 Å². The molecule has 1 aliphatic rings. The molecule has 3 rings (SSSR count). The molecule has 16 heavy (non-hydrogen) atoms. The van der Waals surface area contributed by atoms with Crippen LogP contribution in [0.2, 0.25) is 0 Å². The Balaban J connectivity index is 2.22. The fourth-order valence-electron chi connectivity index (χ4n) is 2.21. The normalized spacial score (nSPS) is 20.7. The van der Waals surface area contributed by atoms with Crippen molar-refractivity contribution in [2.45, 2.75) is 12.3 Å². The number of hydrogen-bond acceptors (Lipinski definition) is 4. The average Bonchev–Trinajstić information content (AvgIpc) is 2.86. The van der Waals surface area contributed by atoms with Crippen LogP contribution >= 0.6 is 22.6 Å². The molecule has 1 unspecified atom stereocenters. The average molecular weight is 329 g/mol. The van der Waals surface area contributed by atoms with Crippen molar-refractivity contribution in [1.29, 1.82) is 0 Å². The lowest BCUT2D eigenvalue weighted by Crippen LogP contribution is -2.10. The number of anilines is 1. The van der Waals surface area contributed by atoms with Crippen LogP contribution in [0.1, 0.15) is 18.2 Å². The lowest BCUT2D eigenvalue weighted by molar-refractivity contribution is 0.697. The number of fused-ring (bicyclic) bond motifs is 1. The second kappa shape index (κ2) is 3.85. The molecule has 0 aliphatic carbocycles. The van der Waals surface area contributed by atoms with E-state index in [1.807, 2.05) is 6.20 Å². The zero-order chi connectivity index (χ0) is 11.1. The first-order valence-electron chi connectivity index (χ1n) is 5.26. The fourth-order valence-corrected chi connectivity index (χ4v) is 2.99. The molecule has 1 saturated heterocycles. The van der Waals surface area contributed by atoms with Gasteiger partial charge in [-0.2, -0.15) is 0 Å². The van der Waals surface area contributed by atoms with Crippen LogP contribution in [0.15, 0.2) is 12.4 Å². The highest BCUT2D eigenvalue weighted by Gasteiger charge is 2.23. The van der Waals surface area contributed by atoms with E-state index in [4.69, 9.17) is 5.73 Å². The van der Waals surface area contributed by atoms with Crippen molar-refractivity contribution in [2.24, 2.45) is 0 Å². The highest BCUT2D eigenvalue weighted by Crippen LogP contribution is 2.26. The van der Waals surface area contributed by atoms with E-state index in [0.717, 1.165) is 34.6 Å². The summed E-state index contributed by atoms with van der Waals surface area (Å²) < 4.78 is 3.01. The number of rotatable bonds is 1. The monoisotopic (exact) mass is 329 g/mol. The van der Waals surface area contributed by atoms with Crippen LogP contribution in [-0.4, -0.2) is 27.5 Å². The summed E-state index contributed by atoms with van der Waals surface area (Å²) in [5, 5.41) is 3.36. The summed E-state index contributed by atoms with van der Waals surface area (Å²) in [6, 6.07) is 0. The zero-order valence-electron chi connectivity index (χ0n) is 8.65. The Labute approximate surface area is 107 Å². The zero-order valence-corrected chi connectivity index (χ0v) is 10.8. The second-order valence-electron chi connectivity index (χ2n) is 3.98. The second-order valence-corrected chi connectivity index (χ2v) is 5.00. The molecule has 1 aliphatic heterocycles. The molecular weight excluding hydrogens is 317 g/mol. The van der Waals surface area contributed by atoms with Crippen LogP contribution in [0.25, 0.3) is 5.52 Å². The molecule has 1 atom stereocenters. The Morgan fingerprint density at radius 2 is 2.44 bits per heavy atom. The van der Waals surface area contributed by atoms with E-state index in [-0.39, 0.29) is 0 Å². The summed E-state index contributed by atoms with van der Waals surface area (Å²) in [5.74, 6) is 2.13. The lowest BCUT2D eigenvalue weighted by atomic mass is 10.1. The molecule has 0 bridgehead atoms. The van der Waals surface area contributed by atoms with Crippen LogP contribution in [0.5, 0.6) is 0 Å². The summed E-state index contributed by atoms with van der Waals surface area (Å²) >= 11 is 2.22. The fraction of sp³-hybridized carbons (Fsp3) is 0.400. The molecule has 0 saturated carbocycles. The maximum absolute atomic E-state index is 5.88. The molecule has 3 N–H and O–H groups in total. The number of nitrogen functional groups attached to an aromatic ring is 1. The Bertz CT molecular complexity index is 529. The Morgan fingerprint density at radius 1 is 1.56 bits per heavy atom. The van der Waals surface area contributed by atoms with Crippen molar-refractivity contribution in [1.82, 2.24) is 19.7 Å². The van der Waals surface area contributed by atoms with Crippen molar-refractivity contribution in [2.75, 3.05) is 18.8 Å². The van der Waals surface area contributed by atoms with Gasteiger partial charge in [-0.1, -0.05) is 0 Å². The number of aromatic nitrogens is 3. The molecule has 3 heterocycles. The summed E-state index contributed by atoms with van der Waals surface area (Å²) in [6.07, 6.45) is 4.80. The molecule has 0 radical (unpaired) electrons. The topological polar surface area (TPSA) is 68.2 Å². The molecule has 6 heteroatoms. The Hall–Kier alpha value is -0.890. The third-order valence-electron chi connectivity index (χ3n) is 2.99. The highest BCUT2D eigenvalue weighted by atomic mass is 127. The molecule has 2 aromatic heterocycles. The van der Waals surface area contributed by atoms with E-state index in [9.17, 15) is 0 Å². The van der Waals surface area contributed by atoms with Crippen LogP contribution in [0.3, 0.4) is 0 Å². The van der Waals surface area contributed by atoms with Gasteiger partial charge in [0.2, 0.25) is 0 Å². The number of hydrogen-bond donors (Lipinski definition) is 2. The van der Waals surface area contributed by atoms with E-state index in [1.54, 1.807) is 6.20 Å². The third-order valence-corrected chi connectivity index (χ3v) is 3.75. The summed E-state index contributed by atoms with van der Waals surface area (Å²) in [6.45, 7) is 2.06. The van der Waals surface area contributed by atoms with Gasteiger partial charge >= 0.3 is 0 Å². The number of nitrogens with two attached hydrogens (primary N) is 1. The van der Waals surface area contributed by atoms with Gasteiger partial charge in [0, 0.05) is 24.9 Å². The first kappa shape index (κ1) is 10.3. The van der Waals surface area contributed by atoms with E-state index < -0.39 is 0 Å². The molecule has 1 fully saturated rings. The van der Waals surface area contributed by atoms with Gasteiger partial charge in [0.15, 0.2) is 5.82 Å². The molecular formula is C10H12IN5. The van der Waals surface area contributed by atoms with Crippen molar-refractivity contribution in [3.8, 4) is 0 Å². The summed E-state index contributed by atoms with van der Waals surface area (Å²) in [4.78, 5) is 8.73. The smallest absolute Gasteiger partial charge is 0.150 e. The third kappa shape index (κ3) is 1.47. The van der Waals surface area contributed by atoms with Crippen LogP contribution in [-0.2, 0) is 0 Å². The standard InChI is InChI=1S/C10H12IN5/c11-8-7-9(12)14-3-4-16(7)10(15-8)6-1-2-13-5-6/h3-4,6,13H,1-2,5H2,(H2,12,14). The van der Waals surface area contributed by atoms with Gasteiger partial charge in [0.05, 0.1) is 0 Å². The minimum Gasteiger partial charge on any atom is -0.382 e. The molecule has 0 aromatic carbocycles. The van der Waals surface area contributed by atoms with Gasteiger partial charge in [-0.3, -0.25) is 4.40 Å². The van der Waals surface area contributed by atoms with Gasteiger partial charge in [0.1, 0.15) is 15.0 Å². The van der Waals surface area contributed by atoms with E-state index in [1.165, 1.54) is 0 Å². The van der Waals surface area contributed by atoms with E-state index >= 15 is 0 Å². The maximum Gasteiger partial charge on any atom is 0.150 e. The quantitative estimate of drug-likeness (QED) is 0.766. The lowest BCUT2D eigenvalue weighted by Gasteiger charge is -2.07. The first-order chi connectivity index (χ1) is 7.77. The number of halogens is 1. The minimum atomic E-state index is 0.484. The van der Waals surface area contributed by atoms with E-state index in [0.29, 0.717) is 11.7 Å². The number of nitrogens with zero attached hydrogens (tertiary/aromatic N) is 3. The highest BCUT2D eigenvalue weighted by molar-refractivity contribution is 14.1. The summed E-state index contributed by atoms with van der Waals surface area (Å²) in [5.41, 5.74) is 6.81. The van der Waals surface area contributed by atoms with Crippen molar-refractivity contribution in [3.05, 3.63) is 21.9 Å².